The summed E-state index contributed by atoms with van der Waals surface area (Å²) in [6.07, 6.45) is 7.73. The van der Waals surface area contributed by atoms with Gasteiger partial charge < -0.3 is 9.30 Å². The van der Waals surface area contributed by atoms with Crippen LogP contribution in [-0.2, 0) is 36.3 Å². The maximum Gasteiger partial charge on any atom is 0.109 e. The van der Waals surface area contributed by atoms with Crippen molar-refractivity contribution in [1.82, 2.24) is 14.5 Å². The van der Waals surface area contributed by atoms with Crippen LogP contribution in [0.15, 0.2) is 12.3 Å². The Labute approximate surface area is 157 Å². The van der Waals surface area contributed by atoms with Gasteiger partial charge in [-0.05, 0) is 44.2 Å². The molecule has 2 aromatic rings. The van der Waals surface area contributed by atoms with E-state index >= 15 is 0 Å². The van der Waals surface area contributed by atoms with Gasteiger partial charge in [0, 0.05) is 43.2 Å². The van der Waals surface area contributed by atoms with E-state index in [1.807, 2.05) is 0 Å². The molecule has 3 aliphatic heterocycles. The predicted molar refractivity (Wildman–Crippen MR) is 100 cm³/mol. The number of aryl methyl sites for hydroxylation is 2. The summed E-state index contributed by atoms with van der Waals surface area (Å²) < 4.78 is 9.60. The van der Waals surface area contributed by atoms with Crippen molar-refractivity contribution >= 4 is 22.9 Å². The quantitative estimate of drug-likeness (QED) is 0.792. The molecule has 0 radical (unpaired) electrons. The van der Waals surface area contributed by atoms with Gasteiger partial charge in [-0.25, -0.2) is 4.98 Å². The predicted octanol–water partition coefficient (Wildman–Crippen LogP) is 4.00. The van der Waals surface area contributed by atoms with Crippen molar-refractivity contribution < 1.29 is 4.74 Å². The molecule has 1 fully saturated rings. The molecule has 0 unspecified atom stereocenters. The highest BCUT2D eigenvalue weighted by Gasteiger charge is 2.44. The Morgan fingerprint density at radius 2 is 2.32 bits per heavy atom. The second-order valence-electron chi connectivity index (χ2n) is 7.72. The lowest BCUT2D eigenvalue weighted by molar-refractivity contribution is -0.110. The van der Waals surface area contributed by atoms with Crippen LogP contribution in [0.2, 0.25) is 4.34 Å². The molecule has 6 heteroatoms. The van der Waals surface area contributed by atoms with Crippen LogP contribution in [0.4, 0.5) is 0 Å². The Morgan fingerprint density at radius 1 is 1.40 bits per heavy atom. The molecular formula is C19H24ClN3OS. The third-order valence-electron chi connectivity index (χ3n) is 6.07. The van der Waals surface area contributed by atoms with E-state index in [0.717, 1.165) is 56.3 Å². The summed E-state index contributed by atoms with van der Waals surface area (Å²) in [5.74, 6) is 1.27. The summed E-state index contributed by atoms with van der Waals surface area (Å²) >= 11 is 8.03. The fourth-order valence-electron chi connectivity index (χ4n) is 4.81. The third-order valence-corrected chi connectivity index (χ3v) is 7.56. The number of halogens is 1. The third kappa shape index (κ3) is 2.76. The topological polar surface area (TPSA) is 30.3 Å². The molecule has 0 bridgehead atoms. The van der Waals surface area contributed by atoms with Gasteiger partial charge in [-0.15, -0.1) is 11.3 Å². The molecule has 1 spiro atoms. The largest absolute Gasteiger partial charge is 0.369 e. The number of hydrogen-bond acceptors (Lipinski definition) is 4. The number of imidazole rings is 1. The van der Waals surface area contributed by atoms with Crippen molar-refractivity contribution in [2.75, 3.05) is 13.2 Å². The average molecular weight is 378 g/mol. The molecule has 2 aromatic heterocycles. The van der Waals surface area contributed by atoms with Crippen molar-refractivity contribution in [2.45, 2.75) is 63.8 Å². The fourth-order valence-corrected chi connectivity index (χ4v) is 6.29. The highest BCUT2D eigenvalue weighted by atomic mass is 35.5. The minimum atomic E-state index is -0.114. The Kier molecular flexibility index (Phi) is 3.97. The number of aromatic nitrogens is 2. The second kappa shape index (κ2) is 6.08. The first-order chi connectivity index (χ1) is 12.1. The number of rotatable bonds is 2. The zero-order chi connectivity index (χ0) is 17.0. The van der Waals surface area contributed by atoms with E-state index < -0.39 is 0 Å². The lowest BCUT2D eigenvalue weighted by Gasteiger charge is -2.46. The van der Waals surface area contributed by atoms with E-state index in [1.54, 1.807) is 11.3 Å². The maximum atomic E-state index is 6.37. The van der Waals surface area contributed by atoms with Crippen LogP contribution in [-0.4, -0.2) is 33.6 Å². The molecule has 3 aliphatic rings. The Morgan fingerprint density at radius 3 is 3.16 bits per heavy atom. The molecule has 2 atom stereocenters. The first-order valence-corrected chi connectivity index (χ1v) is 10.5. The van der Waals surface area contributed by atoms with Gasteiger partial charge in [0.15, 0.2) is 0 Å². The van der Waals surface area contributed by atoms with E-state index in [-0.39, 0.29) is 5.60 Å². The molecule has 1 saturated heterocycles. The Hall–Kier alpha value is -0.880. The van der Waals surface area contributed by atoms with Gasteiger partial charge in [-0.2, -0.15) is 0 Å². The van der Waals surface area contributed by atoms with Crippen LogP contribution in [0.5, 0.6) is 0 Å². The van der Waals surface area contributed by atoms with Crippen molar-refractivity contribution in [2.24, 2.45) is 0 Å². The SMILES string of the molecule is C[C@H]1C[C@@]2(CCN1Cc1cn3c(n1)CCC3)OCCc1cc(Cl)sc12. The average Bonchev–Trinajstić information content (AvgIpc) is 3.25. The molecule has 25 heavy (non-hydrogen) atoms. The lowest BCUT2D eigenvalue weighted by atomic mass is 9.82. The van der Waals surface area contributed by atoms with Gasteiger partial charge >= 0.3 is 0 Å². The molecule has 5 heterocycles. The molecular weight excluding hydrogens is 354 g/mol. The number of piperidine rings is 1. The van der Waals surface area contributed by atoms with E-state index in [9.17, 15) is 0 Å². The molecule has 0 amide bonds. The van der Waals surface area contributed by atoms with Gasteiger partial charge in [0.2, 0.25) is 0 Å². The van der Waals surface area contributed by atoms with Crippen LogP contribution >= 0.6 is 22.9 Å². The number of likely N-dealkylation sites (tertiary alicyclic amines) is 1. The highest BCUT2D eigenvalue weighted by molar-refractivity contribution is 7.16. The number of nitrogens with zero attached hydrogens (tertiary/aromatic N) is 3. The van der Waals surface area contributed by atoms with Crippen LogP contribution in [0.25, 0.3) is 0 Å². The molecule has 5 rings (SSSR count). The normalized spacial score (nSPS) is 29.1. The molecule has 0 aliphatic carbocycles. The van der Waals surface area contributed by atoms with Gasteiger partial charge in [0.25, 0.3) is 0 Å². The number of ether oxygens (including phenoxy) is 1. The zero-order valence-electron chi connectivity index (χ0n) is 14.6. The van der Waals surface area contributed by atoms with Crippen molar-refractivity contribution in [3.8, 4) is 0 Å². The van der Waals surface area contributed by atoms with Gasteiger partial charge in [0.1, 0.15) is 11.4 Å². The molecule has 134 valence electrons. The van der Waals surface area contributed by atoms with E-state index in [0.29, 0.717) is 6.04 Å². The lowest BCUT2D eigenvalue weighted by Crippen LogP contribution is -2.50. The highest BCUT2D eigenvalue weighted by Crippen LogP contribution is 2.48. The number of fused-ring (bicyclic) bond motifs is 3. The van der Waals surface area contributed by atoms with Crippen molar-refractivity contribution in [3.05, 3.63) is 38.6 Å². The summed E-state index contributed by atoms with van der Waals surface area (Å²) in [4.78, 5) is 8.79. The standard InChI is InChI=1S/C19H24ClN3OS/c1-13-10-19(18-14(4-8-24-19)9-16(20)25-18)5-7-22(13)11-15-12-23-6-2-3-17(23)21-15/h9,12-13H,2-8,10-11H2,1H3/t13-,19+/m0/s1. The molecule has 0 saturated carbocycles. The monoisotopic (exact) mass is 377 g/mol. The van der Waals surface area contributed by atoms with Gasteiger partial charge in [0.05, 0.1) is 16.6 Å². The summed E-state index contributed by atoms with van der Waals surface area (Å²) in [6.45, 7) is 6.29. The summed E-state index contributed by atoms with van der Waals surface area (Å²) in [7, 11) is 0. The summed E-state index contributed by atoms with van der Waals surface area (Å²) in [5.41, 5.74) is 2.52. The van der Waals surface area contributed by atoms with Crippen LogP contribution in [0, 0.1) is 0 Å². The minimum Gasteiger partial charge on any atom is -0.369 e. The number of thiophene rings is 1. The fraction of sp³-hybridized carbons (Fsp3) is 0.632. The summed E-state index contributed by atoms with van der Waals surface area (Å²) in [6, 6.07) is 2.63. The van der Waals surface area contributed by atoms with E-state index in [4.69, 9.17) is 21.3 Å². The molecule has 0 aromatic carbocycles. The second-order valence-corrected chi connectivity index (χ2v) is 9.40. The van der Waals surface area contributed by atoms with Gasteiger partial charge in [-0.3, -0.25) is 4.90 Å². The van der Waals surface area contributed by atoms with Gasteiger partial charge in [-0.1, -0.05) is 11.6 Å². The molecule has 0 N–H and O–H groups in total. The van der Waals surface area contributed by atoms with E-state index in [2.05, 4.69) is 28.7 Å². The number of hydrogen-bond donors (Lipinski definition) is 0. The van der Waals surface area contributed by atoms with E-state index in [1.165, 1.54) is 28.4 Å². The maximum absolute atomic E-state index is 6.37. The minimum absolute atomic E-state index is 0.114. The van der Waals surface area contributed by atoms with Crippen molar-refractivity contribution in [1.29, 1.82) is 0 Å². The Balaban J connectivity index is 1.33. The first kappa shape index (κ1) is 16.3. The van der Waals surface area contributed by atoms with Crippen LogP contribution in [0.1, 0.15) is 48.1 Å². The Bertz CT molecular complexity index is 779. The smallest absolute Gasteiger partial charge is 0.109 e. The van der Waals surface area contributed by atoms with Crippen LogP contribution < -0.4 is 0 Å². The van der Waals surface area contributed by atoms with Crippen LogP contribution in [0.3, 0.4) is 0 Å². The molecule has 4 nitrogen and oxygen atoms in total. The summed E-state index contributed by atoms with van der Waals surface area (Å²) in [5, 5.41) is 0. The van der Waals surface area contributed by atoms with Crippen molar-refractivity contribution in [3.63, 3.8) is 0 Å². The zero-order valence-corrected chi connectivity index (χ0v) is 16.2. The first-order valence-electron chi connectivity index (χ1n) is 9.35.